The van der Waals surface area contributed by atoms with Crippen LogP contribution in [-0.2, 0) is 23.7 Å². The first kappa shape index (κ1) is 21.3. The average Bonchev–Trinajstić information content (AvgIpc) is 3.20. The number of aliphatic hydroxyl groups excluding tert-OH is 3. The molecule has 3 rings (SSSR count). The number of hydrogen-bond acceptors (Lipinski definition) is 11. The first-order chi connectivity index (χ1) is 13.5. The highest BCUT2D eigenvalue weighted by atomic mass is 16.8. The van der Waals surface area contributed by atoms with E-state index in [2.05, 4.69) is 10.1 Å². The lowest BCUT2D eigenvalue weighted by molar-refractivity contribution is -0.171. The number of amides is 2. The summed E-state index contributed by atoms with van der Waals surface area (Å²) in [4.78, 5) is 37.0. The predicted octanol–water partition coefficient (Wildman–Crippen LogP) is -2.52. The average molecular weight is 417 g/mol. The monoisotopic (exact) mass is 417 g/mol. The molecule has 0 radical (unpaired) electrons. The van der Waals surface area contributed by atoms with Crippen molar-refractivity contribution in [2.75, 3.05) is 13.2 Å². The van der Waals surface area contributed by atoms with Gasteiger partial charge < -0.3 is 39.6 Å². The van der Waals surface area contributed by atoms with Crippen molar-refractivity contribution in [1.29, 1.82) is 0 Å². The van der Waals surface area contributed by atoms with Gasteiger partial charge in [0.15, 0.2) is 12.3 Å². The molecule has 0 aromatic rings. The molecule has 2 unspecified atom stereocenters. The Morgan fingerprint density at radius 3 is 2.62 bits per heavy atom. The smallest absolute Gasteiger partial charge is 0.453 e. The molecule has 6 N–H and O–H groups in total. The lowest BCUT2D eigenvalue weighted by Crippen LogP contribution is -2.67. The summed E-state index contributed by atoms with van der Waals surface area (Å²) in [6.07, 6.45) is -4.81. The zero-order valence-electron chi connectivity index (χ0n) is 15.7. The molecular weight excluding hydrogens is 394 g/mol. The summed E-state index contributed by atoms with van der Waals surface area (Å²) in [7, 11) is 0. The van der Waals surface area contributed by atoms with E-state index < -0.39 is 66.7 Å². The SMILES string of the molecule is CC(C)(OC(=O)C1(N)C=CN([C@@H]2O[C@H](CO)[C@@H](O)[C@H]2O)C(=O)N1)C1COC(=O)O1. The summed E-state index contributed by atoms with van der Waals surface area (Å²) in [5.74, 6) is -1.03. The maximum absolute atomic E-state index is 12.6. The summed E-state index contributed by atoms with van der Waals surface area (Å²) >= 11 is 0. The molecule has 0 spiro atoms. The Labute approximate surface area is 164 Å². The van der Waals surface area contributed by atoms with Crippen molar-refractivity contribution in [2.45, 2.75) is 55.8 Å². The number of nitrogens with two attached hydrogens (primary N) is 1. The van der Waals surface area contributed by atoms with E-state index in [-0.39, 0.29) is 6.61 Å². The molecule has 0 saturated carbocycles. The minimum atomic E-state index is -2.05. The summed E-state index contributed by atoms with van der Waals surface area (Å²) in [6, 6.07) is -0.907. The fraction of sp³-hybridized carbons (Fsp3) is 0.688. The van der Waals surface area contributed by atoms with Gasteiger partial charge in [-0.15, -0.1) is 0 Å². The van der Waals surface area contributed by atoms with E-state index in [4.69, 9.17) is 25.1 Å². The Morgan fingerprint density at radius 2 is 2.10 bits per heavy atom. The molecule has 3 aliphatic heterocycles. The van der Waals surface area contributed by atoms with E-state index in [1.165, 1.54) is 13.8 Å². The lowest BCUT2D eigenvalue weighted by atomic mass is 10.0. The number of hydrogen-bond donors (Lipinski definition) is 5. The third kappa shape index (κ3) is 3.86. The highest BCUT2D eigenvalue weighted by Gasteiger charge is 2.51. The van der Waals surface area contributed by atoms with Crippen molar-refractivity contribution in [2.24, 2.45) is 5.73 Å². The minimum Gasteiger partial charge on any atom is -0.453 e. The zero-order chi connectivity index (χ0) is 21.6. The van der Waals surface area contributed by atoms with Crippen LogP contribution in [-0.4, -0.2) is 93.5 Å². The number of esters is 1. The number of aliphatic hydroxyl groups is 3. The van der Waals surface area contributed by atoms with Crippen LogP contribution in [0.25, 0.3) is 0 Å². The predicted molar refractivity (Wildman–Crippen MR) is 90.6 cm³/mol. The molecule has 162 valence electrons. The fourth-order valence-electron chi connectivity index (χ4n) is 3.04. The Morgan fingerprint density at radius 1 is 1.41 bits per heavy atom. The fourth-order valence-corrected chi connectivity index (χ4v) is 3.04. The highest BCUT2D eigenvalue weighted by molar-refractivity contribution is 5.91. The van der Waals surface area contributed by atoms with Crippen LogP contribution in [0.2, 0.25) is 0 Å². The maximum Gasteiger partial charge on any atom is 0.508 e. The number of cyclic esters (lactones) is 2. The first-order valence-electron chi connectivity index (χ1n) is 8.76. The molecule has 2 saturated heterocycles. The normalized spacial score (nSPS) is 37.2. The van der Waals surface area contributed by atoms with Crippen LogP contribution in [0.15, 0.2) is 12.3 Å². The van der Waals surface area contributed by atoms with E-state index in [1.54, 1.807) is 0 Å². The standard InChI is InChI=1S/C16H23N3O10/c1-15(2,8-6-26-14(25)28-8)29-12(23)16(17)3-4-19(13(24)18-16)11-10(22)9(21)7(5-20)27-11/h3-4,7-11,20-22H,5-6,17H2,1-2H3,(H,18,24)/t7-,8?,9-,10-,11-,16?/m1/s1. The Kier molecular flexibility index (Phi) is 5.44. The van der Waals surface area contributed by atoms with Crippen molar-refractivity contribution >= 4 is 18.2 Å². The van der Waals surface area contributed by atoms with Gasteiger partial charge in [-0.05, 0) is 19.9 Å². The van der Waals surface area contributed by atoms with Gasteiger partial charge in [0.25, 0.3) is 0 Å². The Balaban J connectivity index is 1.70. The molecule has 3 aliphatic rings. The molecular formula is C16H23N3O10. The van der Waals surface area contributed by atoms with Gasteiger partial charge in [-0.3, -0.25) is 10.6 Å². The second kappa shape index (κ2) is 7.42. The number of ether oxygens (including phenoxy) is 4. The summed E-state index contributed by atoms with van der Waals surface area (Å²) in [5.41, 5.74) is 2.61. The Bertz CT molecular complexity index is 728. The number of carbonyl (C=O) groups is 3. The minimum absolute atomic E-state index is 0.113. The summed E-state index contributed by atoms with van der Waals surface area (Å²) in [5, 5.41) is 31.3. The van der Waals surface area contributed by atoms with Crippen LogP contribution in [0.3, 0.4) is 0 Å². The van der Waals surface area contributed by atoms with Gasteiger partial charge >= 0.3 is 18.2 Å². The van der Waals surface area contributed by atoms with Crippen LogP contribution in [0.4, 0.5) is 9.59 Å². The van der Waals surface area contributed by atoms with Crippen LogP contribution >= 0.6 is 0 Å². The maximum atomic E-state index is 12.6. The molecule has 13 nitrogen and oxygen atoms in total. The van der Waals surface area contributed by atoms with E-state index in [0.717, 1.165) is 17.2 Å². The molecule has 2 fully saturated rings. The lowest BCUT2D eigenvalue weighted by Gasteiger charge is -2.38. The van der Waals surface area contributed by atoms with Gasteiger partial charge in [-0.25, -0.2) is 14.4 Å². The third-order valence-corrected chi connectivity index (χ3v) is 4.90. The number of carbonyl (C=O) groups excluding carboxylic acids is 3. The summed E-state index contributed by atoms with van der Waals surface area (Å²) in [6.45, 7) is 2.30. The van der Waals surface area contributed by atoms with E-state index in [9.17, 15) is 24.6 Å². The third-order valence-electron chi connectivity index (χ3n) is 4.90. The van der Waals surface area contributed by atoms with Crippen molar-refractivity contribution in [3.8, 4) is 0 Å². The summed E-state index contributed by atoms with van der Waals surface area (Å²) < 4.78 is 20.2. The van der Waals surface area contributed by atoms with Gasteiger partial charge in [-0.2, -0.15) is 0 Å². The molecule has 0 aromatic heterocycles. The van der Waals surface area contributed by atoms with Gasteiger partial charge in [0, 0.05) is 6.20 Å². The highest BCUT2D eigenvalue weighted by Crippen LogP contribution is 2.28. The second-order valence-electron chi connectivity index (χ2n) is 7.41. The second-order valence-corrected chi connectivity index (χ2v) is 7.41. The Hall–Kier alpha value is -2.45. The molecule has 29 heavy (non-hydrogen) atoms. The van der Waals surface area contributed by atoms with E-state index in [1.807, 2.05) is 0 Å². The van der Waals surface area contributed by atoms with Crippen LogP contribution in [0.5, 0.6) is 0 Å². The van der Waals surface area contributed by atoms with E-state index >= 15 is 0 Å². The molecule has 0 bridgehead atoms. The molecule has 0 aliphatic carbocycles. The molecule has 13 heteroatoms. The van der Waals surface area contributed by atoms with Crippen LogP contribution < -0.4 is 11.1 Å². The molecule has 0 aromatic carbocycles. The van der Waals surface area contributed by atoms with Gasteiger partial charge in [0.05, 0.1) is 6.61 Å². The number of urea groups is 1. The number of nitrogens with one attached hydrogen (secondary N) is 1. The topological polar surface area (TPSA) is 190 Å². The largest absolute Gasteiger partial charge is 0.508 e. The molecule has 6 atom stereocenters. The first-order valence-corrected chi connectivity index (χ1v) is 8.76. The van der Waals surface area contributed by atoms with Gasteiger partial charge in [0.1, 0.15) is 30.5 Å². The number of nitrogens with zero attached hydrogens (tertiary/aromatic N) is 1. The molecule has 2 amide bonds. The van der Waals surface area contributed by atoms with Gasteiger partial charge in [0.2, 0.25) is 5.66 Å². The van der Waals surface area contributed by atoms with Crippen molar-refractivity contribution in [1.82, 2.24) is 10.2 Å². The molecule has 3 heterocycles. The van der Waals surface area contributed by atoms with Crippen molar-refractivity contribution in [3.05, 3.63) is 12.3 Å². The van der Waals surface area contributed by atoms with Crippen LogP contribution in [0.1, 0.15) is 13.8 Å². The van der Waals surface area contributed by atoms with Crippen LogP contribution in [0, 0.1) is 0 Å². The van der Waals surface area contributed by atoms with Crippen molar-refractivity contribution in [3.63, 3.8) is 0 Å². The van der Waals surface area contributed by atoms with E-state index in [0.29, 0.717) is 0 Å². The zero-order valence-corrected chi connectivity index (χ0v) is 15.7. The quantitative estimate of drug-likeness (QED) is 0.297. The number of rotatable bonds is 5. The van der Waals surface area contributed by atoms with Crippen molar-refractivity contribution < 1.29 is 48.7 Å². The van der Waals surface area contributed by atoms with Gasteiger partial charge in [-0.1, -0.05) is 0 Å².